The predicted octanol–water partition coefficient (Wildman–Crippen LogP) is 0.941. The van der Waals surface area contributed by atoms with Gasteiger partial charge in [-0.1, -0.05) is 6.58 Å². The zero-order valence-corrected chi connectivity index (χ0v) is 11.3. The van der Waals surface area contributed by atoms with Crippen LogP contribution in [0.3, 0.4) is 0 Å². The van der Waals surface area contributed by atoms with Gasteiger partial charge in [0.1, 0.15) is 12.2 Å². The van der Waals surface area contributed by atoms with Crippen molar-refractivity contribution in [3.05, 3.63) is 12.2 Å². The highest BCUT2D eigenvalue weighted by Crippen LogP contribution is 2.37. The second-order valence-corrected chi connectivity index (χ2v) is 4.97. The lowest BCUT2D eigenvalue weighted by molar-refractivity contribution is -0.204. The first-order valence-electron chi connectivity index (χ1n) is 6.25. The minimum Gasteiger partial charge on any atom is -0.462 e. The van der Waals surface area contributed by atoms with Crippen molar-refractivity contribution in [1.29, 1.82) is 0 Å². The number of esters is 1. The van der Waals surface area contributed by atoms with Gasteiger partial charge in [-0.2, -0.15) is 0 Å². The van der Waals surface area contributed by atoms with Crippen molar-refractivity contribution < 1.29 is 28.5 Å². The molecule has 0 spiro atoms. The highest BCUT2D eigenvalue weighted by Gasteiger charge is 2.50. The Morgan fingerprint density at radius 3 is 2.63 bits per heavy atom. The van der Waals surface area contributed by atoms with Crippen molar-refractivity contribution in [2.24, 2.45) is 0 Å². The average Bonchev–Trinajstić information content (AvgIpc) is 2.80. The van der Waals surface area contributed by atoms with Crippen LogP contribution in [0.5, 0.6) is 0 Å². The van der Waals surface area contributed by atoms with Gasteiger partial charge in [-0.15, -0.1) is 0 Å². The normalized spacial score (nSPS) is 31.8. The largest absolute Gasteiger partial charge is 0.462 e. The third-order valence-corrected chi connectivity index (χ3v) is 3.00. The Morgan fingerprint density at radius 1 is 1.37 bits per heavy atom. The smallest absolute Gasteiger partial charge is 0.341 e. The summed E-state index contributed by atoms with van der Waals surface area (Å²) in [7, 11) is 0. The van der Waals surface area contributed by atoms with Gasteiger partial charge in [0.15, 0.2) is 17.9 Å². The van der Waals surface area contributed by atoms with Crippen LogP contribution in [0, 0.1) is 0 Å². The molecule has 0 aromatic heterocycles. The standard InChI is InChI=1S/C13H18O6/c1-5-16-11(15)7(2)10(14)8-6-9-12(17-8)19-13(3,4)18-9/h8-9,12H,2,5-6H2,1,3-4H3/t8-,9+,12+/m1/s1. The Kier molecular flexibility index (Phi) is 3.75. The first-order valence-corrected chi connectivity index (χ1v) is 6.25. The van der Waals surface area contributed by atoms with Gasteiger partial charge >= 0.3 is 5.97 Å². The van der Waals surface area contributed by atoms with E-state index in [9.17, 15) is 9.59 Å². The molecule has 0 amide bonds. The first kappa shape index (κ1) is 14.2. The van der Waals surface area contributed by atoms with Crippen LogP contribution in [0.2, 0.25) is 0 Å². The summed E-state index contributed by atoms with van der Waals surface area (Å²) in [5.41, 5.74) is -0.203. The number of fused-ring (bicyclic) bond motifs is 1. The Bertz CT molecular complexity index is 397. The molecule has 0 unspecified atom stereocenters. The Labute approximate surface area is 111 Å². The van der Waals surface area contributed by atoms with E-state index in [1.165, 1.54) is 0 Å². The summed E-state index contributed by atoms with van der Waals surface area (Å²) in [5.74, 6) is -1.89. The van der Waals surface area contributed by atoms with E-state index in [1.54, 1.807) is 20.8 Å². The molecule has 0 saturated carbocycles. The maximum absolute atomic E-state index is 12.0. The average molecular weight is 270 g/mol. The number of carbonyl (C=O) groups is 2. The summed E-state index contributed by atoms with van der Waals surface area (Å²) in [5, 5.41) is 0. The minimum atomic E-state index is -0.761. The van der Waals surface area contributed by atoms with E-state index in [-0.39, 0.29) is 18.3 Å². The van der Waals surface area contributed by atoms with Crippen molar-refractivity contribution in [2.75, 3.05) is 6.61 Å². The van der Waals surface area contributed by atoms with E-state index >= 15 is 0 Å². The molecule has 0 N–H and O–H groups in total. The fourth-order valence-electron chi connectivity index (χ4n) is 2.19. The van der Waals surface area contributed by atoms with Gasteiger partial charge in [0.25, 0.3) is 0 Å². The van der Waals surface area contributed by atoms with E-state index in [4.69, 9.17) is 18.9 Å². The summed E-state index contributed by atoms with van der Waals surface area (Å²) < 4.78 is 21.3. The number of rotatable bonds is 4. The molecule has 2 aliphatic rings. The molecule has 6 nitrogen and oxygen atoms in total. The number of carbonyl (C=O) groups excluding carboxylic acids is 2. The molecule has 0 radical (unpaired) electrons. The van der Waals surface area contributed by atoms with Gasteiger partial charge in [-0.05, 0) is 20.8 Å². The van der Waals surface area contributed by atoms with Crippen LogP contribution in [0.1, 0.15) is 27.2 Å². The molecule has 2 aliphatic heterocycles. The third kappa shape index (κ3) is 2.86. The second kappa shape index (κ2) is 5.03. The Balaban J connectivity index is 1.94. The van der Waals surface area contributed by atoms with Gasteiger partial charge in [-0.25, -0.2) is 4.79 Å². The van der Waals surface area contributed by atoms with E-state index in [1.807, 2.05) is 0 Å². The van der Waals surface area contributed by atoms with E-state index in [2.05, 4.69) is 6.58 Å². The minimum absolute atomic E-state index is 0.197. The van der Waals surface area contributed by atoms with E-state index < -0.39 is 29.9 Å². The molecule has 0 aliphatic carbocycles. The lowest BCUT2D eigenvalue weighted by Crippen LogP contribution is -2.30. The van der Waals surface area contributed by atoms with Gasteiger partial charge in [0.05, 0.1) is 12.2 Å². The van der Waals surface area contributed by atoms with Crippen LogP contribution >= 0.6 is 0 Å². The fourth-order valence-corrected chi connectivity index (χ4v) is 2.19. The quantitative estimate of drug-likeness (QED) is 0.328. The van der Waals surface area contributed by atoms with Crippen LogP contribution in [0.15, 0.2) is 12.2 Å². The van der Waals surface area contributed by atoms with Gasteiger partial charge in [-0.3, -0.25) is 4.79 Å². The number of ketones is 1. The monoisotopic (exact) mass is 270 g/mol. The summed E-state index contributed by atoms with van der Waals surface area (Å²) in [6.45, 7) is 8.88. The fraction of sp³-hybridized carbons (Fsp3) is 0.692. The molecular weight excluding hydrogens is 252 g/mol. The van der Waals surface area contributed by atoms with Gasteiger partial charge in [0, 0.05) is 6.42 Å². The van der Waals surface area contributed by atoms with Crippen molar-refractivity contribution in [2.45, 2.75) is 51.5 Å². The van der Waals surface area contributed by atoms with Crippen molar-refractivity contribution in [3.8, 4) is 0 Å². The van der Waals surface area contributed by atoms with Crippen LogP contribution in [0.25, 0.3) is 0 Å². The second-order valence-electron chi connectivity index (χ2n) is 4.97. The van der Waals surface area contributed by atoms with E-state index in [0.29, 0.717) is 6.42 Å². The number of hydrogen-bond acceptors (Lipinski definition) is 6. The molecule has 2 rings (SSSR count). The summed E-state index contributed by atoms with van der Waals surface area (Å²) in [4.78, 5) is 23.4. The van der Waals surface area contributed by atoms with Crippen molar-refractivity contribution in [1.82, 2.24) is 0 Å². The van der Waals surface area contributed by atoms with Crippen LogP contribution in [-0.4, -0.2) is 42.6 Å². The SMILES string of the molecule is C=C(C(=O)OCC)C(=O)[C@H]1C[C@@H]2OC(C)(C)O[C@@H]2O1. The van der Waals surface area contributed by atoms with E-state index in [0.717, 1.165) is 0 Å². The van der Waals surface area contributed by atoms with Gasteiger partial charge < -0.3 is 18.9 Å². The molecule has 0 bridgehead atoms. The van der Waals surface area contributed by atoms with Crippen molar-refractivity contribution in [3.63, 3.8) is 0 Å². The topological polar surface area (TPSA) is 71.1 Å². The first-order chi connectivity index (χ1) is 8.84. The van der Waals surface area contributed by atoms with Crippen LogP contribution < -0.4 is 0 Å². The molecule has 106 valence electrons. The van der Waals surface area contributed by atoms with Gasteiger partial charge in [0.2, 0.25) is 0 Å². The molecule has 0 aromatic rings. The molecule has 2 heterocycles. The lowest BCUT2D eigenvalue weighted by Gasteiger charge is -2.20. The zero-order valence-electron chi connectivity index (χ0n) is 11.3. The Morgan fingerprint density at radius 2 is 2.05 bits per heavy atom. The summed E-state index contributed by atoms with van der Waals surface area (Å²) in [6.07, 6.45) is -1.27. The molecular formula is C13H18O6. The summed E-state index contributed by atoms with van der Waals surface area (Å²) in [6, 6.07) is 0. The maximum atomic E-state index is 12.0. The predicted molar refractivity (Wildman–Crippen MR) is 64.1 cm³/mol. The highest BCUT2D eigenvalue weighted by molar-refractivity contribution is 6.18. The summed E-state index contributed by atoms with van der Waals surface area (Å²) >= 11 is 0. The zero-order chi connectivity index (χ0) is 14.2. The third-order valence-electron chi connectivity index (χ3n) is 3.00. The number of hydrogen-bond donors (Lipinski definition) is 0. The molecule has 3 atom stereocenters. The number of ether oxygens (including phenoxy) is 4. The molecule has 2 saturated heterocycles. The maximum Gasteiger partial charge on any atom is 0.341 e. The highest BCUT2D eigenvalue weighted by atomic mass is 16.8. The van der Waals surface area contributed by atoms with Crippen LogP contribution in [0.4, 0.5) is 0 Å². The molecule has 0 aromatic carbocycles. The van der Waals surface area contributed by atoms with Crippen LogP contribution in [-0.2, 0) is 28.5 Å². The molecule has 2 fully saturated rings. The lowest BCUT2D eigenvalue weighted by atomic mass is 10.0. The Hall–Kier alpha value is -1.24. The van der Waals surface area contributed by atoms with Crippen molar-refractivity contribution >= 4 is 11.8 Å². The number of Topliss-reactive ketones (excluding diaryl/α,β-unsaturated/α-hetero) is 1. The molecule has 19 heavy (non-hydrogen) atoms. The molecule has 6 heteroatoms.